The summed E-state index contributed by atoms with van der Waals surface area (Å²) in [6.07, 6.45) is 3.41. The first-order chi connectivity index (χ1) is 12.5. The highest BCUT2D eigenvalue weighted by atomic mass is 32.2. The van der Waals surface area contributed by atoms with Crippen LogP contribution in [0.1, 0.15) is 19.4 Å². The SMILES string of the molecule is CC1(C)C=C(N2CCN=C2NC#N)c2cc(S(=O)(=O)C(F)(F)F)ccc2O1. The molecule has 0 unspecified atom stereocenters. The minimum atomic E-state index is -5.51. The summed E-state index contributed by atoms with van der Waals surface area (Å²) in [5.41, 5.74) is -5.62. The maximum Gasteiger partial charge on any atom is 0.501 e. The van der Waals surface area contributed by atoms with E-state index in [1.54, 1.807) is 31.0 Å². The third-order valence-electron chi connectivity index (χ3n) is 4.00. The molecule has 0 spiro atoms. The van der Waals surface area contributed by atoms with Gasteiger partial charge in [0.05, 0.1) is 17.1 Å². The molecule has 27 heavy (non-hydrogen) atoms. The van der Waals surface area contributed by atoms with E-state index in [9.17, 15) is 21.6 Å². The van der Waals surface area contributed by atoms with E-state index in [2.05, 4.69) is 10.3 Å². The van der Waals surface area contributed by atoms with Gasteiger partial charge in [-0.05, 0) is 38.1 Å². The van der Waals surface area contributed by atoms with Crippen molar-refractivity contribution in [3.63, 3.8) is 0 Å². The second kappa shape index (κ2) is 6.16. The molecule has 1 aromatic carbocycles. The first-order valence-corrected chi connectivity index (χ1v) is 9.29. The highest BCUT2D eigenvalue weighted by molar-refractivity contribution is 7.92. The fraction of sp³-hybridized carbons (Fsp3) is 0.375. The van der Waals surface area contributed by atoms with Crippen molar-refractivity contribution in [3.05, 3.63) is 29.8 Å². The summed E-state index contributed by atoms with van der Waals surface area (Å²) in [6, 6.07) is 3.00. The number of nitrogens with one attached hydrogen (secondary N) is 1. The highest BCUT2D eigenvalue weighted by Crippen LogP contribution is 2.41. The summed E-state index contributed by atoms with van der Waals surface area (Å²) in [5, 5.41) is 11.3. The molecule has 11 heteroatoms. The number of aliphatic imine (C=N–C) groups is 1. The summed E-state index contributed by atoms with van der Waals surface area (Å²) < 4.78 is 68.1. The molecule has 0 amide bonds. The number of hydrogen-bond acceptors (Lipinski definition) is 7. The zero-order valence-electron chi connectivity index (χ0n) is 14.3. The van der Waals surface area contributed by atoms with Gasteiger partial charge in [-0.2, -0.15) is 18.4 Å². The molecule has 0 aliphatic carbocycles. The Labute approximate surface area is 153 Å². The van der Waals surface area contributed by atoms with Crippen LogP contribution in [0.25, 0.3) is 5.70 Å². The van der Waals surface area contributed by atoms with Crippen molar-refractivity contribution >= 4 is 21.5 Å². The van der Waals surface area contributed by atoms with Crippen LogP contribution in [0.4, 0.5) is 13.2 Å². The zero-order chi connectivity index (χ0) is 20.0. The van der Waals surface area contributed by atoms with Crippen LogP contribution in [0.2, 0.25) is 0 Å². The number of nitrogens with zero attached hydrogens (tertiary/aromatic N) is 3. The number of halogens is 3. The molecule has 3 rings (SSSR count). The molecular formula is C16H15F3N4O3S. The molecule has 0 saturated carbocycles. The number of nitriles is 1. The van der Waals surface area contributed by atoms with E-state index in [4.69, 9.17) is 10.00 Å². The van der Waals surface area contributed by atoms with E-state index in [1.165, 1.54) is 6.07 Å². The van der Waals surface area contributed by atoms with Crippen LogP contribution in [-0.4, -0.2) is 43.5 Å². The maximum atomic E-state index is 12.9. The molecular weight excluding hydrogens is 385 g/mol. The van der Waals surface area contributed by atoms with Gasteiger partial charge in [0.15, 0.2) is 6.19 Å². The molecule has 0 bridgehead atoms. The van der Waals surface area contributed by atoms with Crippen molar-refractivity contribution in [1.82, 2.24) is 10.2 Å². The van der Waals surface area contributed by atoms with Crippen molar-refractivity contribution in [3.8, 4) is 11.9 Å². The summed E-state index contributed by atoms with van der Waals surface area (Å²) in [5.74, 6) is 0.471. The number of benzene rings is 1. The lowest BCUT2D eigenvalue weighted by Gasteiger charge is -2.35. The molecule has 2 aliphatic heterocycles. The average Bonchev–Trinajstić information content (AvgIpc) is 3.00. The number of ether oxygens (including phenoxy) is 1. The van der Waals surface area contributed by atoms with Crippen LogP contribution in [0.3, 0.4) is 0 Å². The maximum absolute atomic E-state index is 12.9. The largest absolute Gasteiger partial charge is 0.501 e. The Hall–Kier alpha value is -2.74. The van der Waals surface area contributed by atoms with Gasteiger partial charge in [0.25, 0.3) is 9.84 Å². The Morgan fingerprint density at radius 3 is 2.70 bits per heavy atom. The quantitative estimate of drug-likeness (QED) is 0.604. The van der Waals surface area contributed by atoms with Gasteiger partial charge >= 0.3 is 5.51 Å². The van der Waals surface area contributed by atoms with Crippen molar-refractivity contribution < 1.29 is 26.3 Å². The lowest BCUT2D eigenvalue weighted by Crippen LogP contribution is -2.39. The standard InChI is InChI=1S/C16H15F3N4O3S/c1-15(2)8-12(23-6-5-21-14(23)22-9-20)11-7-10(3-4-13(11)26-15)27(24,25)16(17,18)19/h3-4,7-8H,5-6H2,1-2H3,(H,21,22). The van der Waals surface area contributed by atoms with Gasteiger partial charge in [-0.25, -0.2) is 8.42 Å². The van der Waals surface area contributed by atoms with Crippen molar-refractivity contribution in [2.45, 2.75) is 29.9 Å². The van der Waals surface area contributed by atoms with E-state index in [1.807, 2.05) is 0 Å². The third kappa shape index (κ3) is 3.32. The van der Waals surface area contributed by atoms with Gasteiger partial charge in [0.2, 0.25) is 5.96 Å². The first-order valence-electron chi connectivity index (χ1n) is 7.81. The van der Waals surface area contributed by atoms with Crippen molar-refractivity contribution in [2.75, 3.05) is 13.1 Å². The van der Waals surface area contributed by atoms with E-state index < -0.39 is 25.8 Å². The van der Waals surface area contributed by atoms with Crippen LogP contribution >= 0.6 is 0 Å². The number of alkyl halides is 3. The molecule has 1 N–H and O–H groups in total. The first kappa shape index (κ1) is 19.0. The third-order valence-corrected chi connectivity index (χ3v) is 5.48. The van der Waals surface area contributed by atoms with Crippen LogP contribution < -0.4 is 10.1 Å². The number of sulfone groups is 1. The van der Waals surface area contributed by atoms with E-state index in [-0.39, 0.29) is 17.3 Å². The van der Waals surface area contributed by atoms with Crippen molar-refractivity contribution in [2.24, 2.45) is 4.99 Å². The van der Waals surface area contributed by atoms with Crippen LogP contribution in [0.15, 0.2) is 34.2 Å². The second-order valence-electron chi connectivity index (χ2n) is 6.44. The van der Waals surface area contributed by atoms with Gasteiger partial charge in [0.1, 0.15) is 11.4 Å². The number of fused-ring (bicyclic) bond motifs is 1. The Balaban J connectivity index is 2.15. The average molecular weight is 400 g/mol. The Bertz CT molecular complexity index is 991. The van der Waals surface area contributed by atoms with Crippen LogP contribution in [0, 0.1) is 11.5 Å². The molecule has 0 fully saturated rings. The molecule has 1 aromatic rings. The minimum Gasteiger partial charge on any atom is -0.483 e. The predicted molar refractivity (Wildman–Crippen MR) is 90.1 cm³/mol. The fourth-order valence-corrected chi connectivity index (χ4v) is 3.67. The summed E-state index contributed by atoms with van der Waals surface area (Å²) in [6.45, 7) is 4.25. The monoisotopic (exact) mass is 400 g/mol. The van der Waals surface area contributed by atoms with Gasteiger partial charge in [-0.15, -0.1) is 0 Å². The Morgan fingerprint density at radius 1 is 1.37 bits per heavy atom. The van der Waals surface area contributed by atoms with E-state index >= 15 is 0 Å². The van der Waals surface area contributed by atoms with Gasteiger partial charge in [0, 0.05) is 12.1 Å². The Morgan fingerprint density at radius 2 is 2.07 bits per heavy atom. The lowest BCUT2D eigenvalue weighted by molar-refractivity contribution is -0.0436. The molecule has 2 aliphatic rings. The molecule has 7 nitrogen and oxygen atoms in total. The molecule has 0 radical (unpaired) electrons. The molecule has 0 saturated heterocycles. The normalized spacial score (nSPS) is 18.7. The smallest absolute Gasteiger partial charge is 0.483 e. The molecule has 2 heterocycles. The molecule has 0 aromatic heterocycles. The lowest BCUT2D eigenvalue weighted by atomic mass is 9.98. The van der Waals surface area contributed by atoms with Gasteiger partial charge in [-0.1, -0.05) is 0 Å². The topological polar surface area (TPSA) is 94.8 Å². The van der Waals surface area contributed by atoms with Gasteiger partial charge < -0.3 is 9.64 Å². The number of rotatable bonds is 2. The van der Waals surface area contributed by atoms with Gasteiger partial charge in [-0.3, -0.25) is 10.3 Å². The van der Waals surface area contributed by atoms with Crippen LogP contribution in [0.5, 0.6) is 5.75 Å². The molecule has 144 valence electrons. The van der Waals surface area contributed by atoms with E-state index in [0.717, 1.165) is 12.1 Å². The number of hydrogen-bond donors (Lipinski definition) is 1. The van der Waals surface area contributed by atoms with Crippen molar-refractivity contribution in [1.29, 1.82) is 5.26 Å². The summed E-state index contributed by atoms with van der Waals surface area (Å²) >= 11 is 0. The molecule has 0 atom stereocenters. The van der Waals surface area contributed by atoms with E-state index in [0.29, 0.717) is 18.8 Å². The fourth-order valence-electron chi connectivity index (χ4n) is 2.88. The highest BCUT2D eigenvalue weighted by Gasteiger charge is 2.47. The number of guanidine groups is 1. The van der Waals surface area contributed by atoms with Crippen LogP contribution in [-0.2, 0) is 9.84 Å². The Kier molecular flexibility index (Phi) is 4.34. The zero-order valence-corrected chi connectivity index (χ0v) is 15.1. The second-order valence-corrected chi connectivity index (χ2v) is 8.38. The minimum absolute atomic E-state index is 0.175. The summed E-state index contributed by atoms with van der Waals surface area (Å²) in [7, 11) is -5.51. The summed E-state index contributed by atoms with van der Waals surface area (Å²) in [4.78, 5) is 4.87. The predicted octanol–water partition coefficient (Wildman–Crippen LogP) is 2.23.